The van der Waals surface area contributed by atoms with Gasteiger partial charge in [-0.1, -0.05) is 30.3 Å². The van der Waals surface area contributed by atoms with E-state index in [0.29, 0.717) is 36.6 Å². The van der Waals surface area contributed by atoms with Crippen LogP contribution >= 0.6 is 0 Å². The van der Waals surface area contributed by atoms with Crippen molar-refractivity contribution in [1.29, 1.82) is 0 Å². The molecule has 0 saturated carbocycles. The predicted molar refractivity (Wildman–Crippen MR) is 155 cm³/mol. The summed E-state index contributed by atoms with van der Waals surface area (Å²) in [5, 5.41) is 0.892. The number of carbonyl (C=O) groups excluding carboxylic acids is 1. The lowest BCUT2D eigenvalue weighted by molar-refractivity contribution is 0.0747. The number of carbonyl (C=O) groups is 1. The zero-order chi connectivity index (χ0) is 26.9. The first-order chi connectivity index (χ1) is 18.3. The van der Waals surface area contributed by atoms with Crippen molar-refractivity contribution < 1.29 is 13.2 Å². The van der Waals surface area contributed by atoms with Crippen LogP contribution in [0.25, 0.3) is 22.2 Å². The van der Waals surface area contributed by atoms with Gasteiger partial charge < -0.3 is 20.1 Å². The van der Waals surface area contributed by atoms with E-state index >= 15 is 0 Å². The van der Waals surface area contributed by atoms with Gasteiger partial charge in [0.25, 0.3) is 5.91 Å². The first-order valence-corrected chi connectivity index (χ1v) is 14.6. The van der Waals surface area contributed by atoms with Gasteiger partial charge in [-0.3, -0.25) is 9.52 Å². The summed E-state index contributed by atoms with van der Waals surface area (Å²) < 4.78 is 28.5. The maximum Gasteiger partial charge on any atom is 0.254 e. The van der Waals surface area contributed by atoms with Crippen molar-refractivity contribution in [2.75, 3.05) is 47.3 Å². The summed E-state index contributed by atoms with van der Waals surface area (Å²) in [7, 11) is -3.35. The molecule has 1 aromatic heterocycles. The normalized spacial score (nSPS) is 14.2. The average Bonchev–Trinajstić information content (AvgIpc) is 3.24. The van der Waals surface area contributed by atoms with Crippen molar-refractivity contribution in [1.82, 2.24) is 9.47 Å². The van der Waals surface area contributed by atoms with Crippen molar-refractivity contribution in [3.8, 4) is 11.3 Å². The molecular weight excluding hydrogens is 498 g/mol. The highest BCUT2D eigenvalue weighted by Gasteiger charge is 2.24. The number of benzene rings is 3. The Balaban J connectivity index is 1.40. The number of nitrogen functional groups attached to an aromatic ring is 1. The molecule has 0 radical (unpaired) electrons. The lowest BCUT2D eigenvalue weighted by atomic mass is 10.1. The summed E-state index contributed by atoms with van der Waals surface area (Å²) in [6.07, 6.45) is 0. The fourth-order valence-corrected chi connectivity index (χ4v) is 5.73. The molecule has 198 valence electrons. The molecule has 3 aromatic carbocycles. The molecule has 9 heteroatoms. The van der Waals surface area contributed by atoms with E-state index in [1.807, 2.05) is 60.4 Å². The molecule has 1 fully saturated rings. The second kappa shape index (κ2) is 10.4. The lowest BCUT2D eigenvalue weighted by Crippen LogP contribution is -2.48. The molecule has 0 atom stereocenters. The topological polar surface area (TPSA) is 101 Å². The zero-order valence-corrected chi connectivity index (χ0v) is 22.5. The number of nitrogens with zero attached hydrogens (tertiary/aromatic N) is 3. The molecule has 0 unspecified atom stereocenters. The third-order valence-corrected chi connectivity index (χ3v) is 8.47. The van der Waals surface area contributed by atoms with E-state index in [1.165, 1.54) is 5.69 Å². The highest BCUT2D eigenvalue weighted by atomic mass is 32.2. The van der Waals surface area contributed by atoms with Gasteiger partial charge in [-0.15, -0.1) is 0 Å². The molecule has 1 amide bonds. The largest absolute Gasteiger partial charge is 0.396 e. The predicted octanol–water partition coefficient (Wildman–Crippen LogP) is 4.63. The third-order valence-electron chi connectivity index (χ3n) is 7.17. The van der Waals surface area contributed by atoms with Crippen LogP contribution in [0.1, 0.15) is 24.2 Å². The Kier molecular flexibility index (Phi) is 7.03. The Morgan fingerprint density at radius 1 is 0.921 bits per heavy atom. The Hall–Kier alpha value is -3.98. The van der Waals surface area contributed by atoms with E-state index in [2.05, 4.69) is 26.3 Å². The molecule has 1 aliphatic rings. The summed E-state index contributed by atoms with van der Waals surface area (Å²) in [5.41, 5.74) is 12.2. The number of aromatic nitrogens is 1. The standard InChI is InChI=1S/C29H33N5O3S/c1-3-34-26-20-22(29(35)33-18-16-32(17-19-33)24-8-6-5-7-9-24)12-15-25(26)27(30)28(34)21-10-13-23(14-11-21)31-38(36,37)4-2/h5-15,20,31H,3-4,16-19,30H2,1-2H3. The molecule has 38 heavy (non-hydrogen) atoms. The average molecular weight is 532 g/mol. The number of para-hydroxylation sites is 1. The van der Waals surface area contributed by atoms with Crippen molar-refractivity contribution in [2.24, 2.45) is 0 Å². The molecule has 4 aromatic rings. The van der Waals surface area contributed by atoms with Gasteiger partial charge in [-0.05, 0) is 56.3 Å². The van der Waals surface area contributed by atoms with Crippen LogP contribution in [0, 0.1) is 0 Å². The highest BCUT2D eigenvalue weighted by Crippen LogP contribution is 2.37. The van der Waals surface area contributed by atoms with Gasteiger partial charge in [0.1, 0.15) is 0 Å². The number of anilines is 3. The molecule has 1 aliphatic heterocycles. The van der Waals surface area contributed by atoms with Crippen LogP contribution in [-0.4, -0.2) is 55.7 Å². The molecule has 1 saturated heterocycles. The first kappa shape index (κ1) is 25.7. The summed E-state index contributed by atoms with van der Waals surface area (Å²) in [6, 6.07) is 23.2. The van der Waals surface area contributed by atoms with Gasteiger partial charge in [0.15, 0.2) is 0 Å². The van der Waals surface area contributed by atoms with Crippen LogP contribution in [0.5, 0.6) is 0 Å². The van der Waals surface area contributed by atoms with E-state index in [1.54, 1.807) is 19.1 Å². The van der Waals surface area contributed by atoms with E-state index in [-0.39, 0.29) is 11.7 Å². The van der Waals surface area contributed by atoms with Crippen molar-refractivity contribution in [2.45, 2.75) is 20.4 Å². The molecule has 2 heterocycles. The van der Waals surface area contributed by atoms with E-state index < -0.39 is 10.0 Å². The van der Waals surface area contributed by atoms with Gasteiger partial charge in [-0.2, -0.15) is 0 Å². The number of hydrogen-bond acceptors (Lipinski definition) is 5. The van der Waals surface area contributed by atoms with E-state index in [9.17, 15) is 13.2 Å². The van der Waals surface area contributed by atoms with E-state index in [0.717, 1.165) is 35.2 Å². The Morgan fingerprint density at radius 3 is 2.24 bits per heavy atom. The molecule has 0 spiro atoms. The Bertz CT molecular complexity index is 1560. The molecule has 0 aliphatic carbocycles. The van der Waals surface area contributed by atoms with Crippen LogP contribution < -0.4 is 15.4 Å². The Labute approximate surface area is 223 Å². The number of nitrogens with two attached hydrogens (primary N) is 1. The minimum absolute atomic E-state index is 0.00946. The number of aryl methyl sites for hydroxylation is 1. The first-order valence-electron chi connectivity index (χ1n) is 12.9. The molecule has 5 rings (SSSR count). The quantitative estimate of drug-likeness (QED) is 0.362. The summed E-state index contributed by atoms with van der Waals surface area (Å²) in [6.45, 7) is 7.24. The number of piperazine rings is 1. The number of rotatable bonds is 7. The monoisotopic (exact) mass is 531 g/mol. The summed E-state index contributed by atoms with van der Waals surface area (Å²) in [4.78, 5) is 17.7. The van der Waals surface area contributed by atoms with Gasteiger partial charge in [0.2, 0.25) is 10.0 Å². The molecule has 3 N–H and O–H groups in total. The number of nitrogens with one attached hydrogen (secondary N) is 1. The third kappa shape index (κ3) is 4.93. The number of sulfonamides is 1. The number of fused-ring (bicyclic) bond motifs is 1. The van der Waals surface area contributed by atoms with Gasteiger partial charge in [0.05, 0.1) is 22.7 Å². The minimum Gasteiger partial charge on any atom is -0.396 e. The SMILES string of the molecule is CCn1c(-c2ccc(NS(=O)(=O)CC)cc2)c(N)c2ccc(C(=O)N3CCN(c4ccccc4)CC3)cc21. The van der Waals surface area contributed by atoms with Crippen molar-refractivity contribution in [3.05, 3.63) is 78.4 Å². The van der Waals surface area contributed by atoms with Gasteiger partial charge in [-0.25, -0.2) is 8.42 Å². The molecule has 0 bridgehead atoms. The zero-order valence-electron chi connectivity index (χ0n) is 21.7. The van der Waals surface area contributed by atoms with Crippen LogP contribution in [0.15, 0.2) is 72.8 Å². The second-order valence-electron chi connectivity index (χ2n) is 9.44. The van der Waals surface area contributed by atoms with Gasteiger partial charge in [0, 0.05) is 60.6 Å². The lowest BCUT2D eigenvalue weighted by Gasteiger charge is -2.36. The molecular formula is C29H33N5O3S. The second-order valence-corrected chi connectivity index (χ2v) is 11.4. The Morgan fingerprint density at radius 2 is 1.61 bits per heavy atom. The number of amides is 1. The highest BCUT2D eigenvalue weighted by molar-refractivity contribution is 7.92. The van der Waals surface area contributed by atoms with Crippen LogP contribution in [0.2, 0.25) is 0 Å². The minimum atomic E-state index is -3.35. The van der Waals surface area contributed by atoms with Crippen LogP contribution in [0.4, 0.5) is 17.1 Å². The van der Waals surface area contributed by atoms with Gasteiger partial charge >= 0.3 is 0 Å². The summed E-state index contributed by atoms with van der Waals surface area (Å²) >= 11 is 0. The van der Waals surface area contributed by atoms with Crippen LogP contribution in [0.3, 0.4) is 0 Å². The smallest absolute Gasteiger partial charge is 0.254 e. The van der Waals surface area contributed by atoms with Crippen LogP contribution in [-0.2, 0) is 16.6 Å². The maximum atomic E-state index is 13.4. The van der Waals surface area contributed by atoms with Crippen molar-refractivity contribution >= 4 is 43.9 Å². The fraction of sp³-hybridized carbons (Fsp3) is 0.276. The molecule has 8 nitrogen and oxygen atoms in total. The van der Waals surface area contributed by atoms with Crippen molar-refractivity contribution in [3.63, 3.8) is 0 Å². The van der Waals surface area contributed by atoms with E-state index in [4.69, 9.17) is 5.73 Å². The number of hydrogen-bond donors (Lipinski definition) is 2. The fourth-order valence-electron chi connectivity index (χ4n) is 5.09. The summed E-state index contributed by atoms with van der Waals surface area (Å²) in [5.74, 6) is 0.0337. The maximum absolute atomic E-state index is 13.4.